The van der Waals surface area contributed by atoms with Gasteiger partial charge < -0.3 is 5.32 Å². The summed E-state index contributed by atoms with van der Waals surface area (Å²) in [6, 6.07) is 4.58. The largest absolute Gasteiger partial charge is 0.313 e. The molecular formula is C16H25F2NS. The van der Waals surface area contributed by atoms with E-state index in [0.29, 0.717) is 11.3 Å². The summed E-state index contributed by atoms with van der Waals surface area (Å²) in [4.78, 5) is 0.801. The maximum absolute atomic E-state index is 13.3. The van der Waals surface area contributed by atoms with Crippen molar-refractivity contribution in [3.8, 4) is 0 Å². The van der Waals surface area contributed by atoms with Gasteiger partial charge in [0.2, 0.25) is 0 Å². The van der Waals surface area contributed by atoms with Gasteiger partial charge in [0.1, 0.15) is 0 Å². The van der Waals surface area contributed by atoms with Crippen LogP contribution in [-0.2, 0) is 0 Å². The molecule has 0 radical (unpaired) electrons. The van der Waals surface area contributed by atoms with Gasteiger partial charge in [-0.05, 0) is 44.0 Å². The van der Waals surface area contributed by atoms with E-state index in [1.165, 1.54) is 12.1 Å². The van der Waals surface area contributed by atoms with Crippen molar-refractivity contribution in [1.29, 1.82) is 0 Å². The highest BCUT2D eigenvalue weighted by atomic mass is 32.2. The van der Waals surface area contributed by atoms with E-state index < -0.39 is 11.6 Å². The molecule has 0 saturated heterocycles. The highest BCUT2D eigenvalue weighted by Gasteiger charge is 2.20. The second kappa shape index (κ2) is 9.35. The van der Waals surface area contributed by atoms with E-state index in [-0.39, 0.29) is 0 Å². The fourth-order valence-electron chi connectivity index (χ4n) is 2.24. The lowest BCUT2D eigenvalue weighted by Gasteiger charge is -2.26. The van der Waals surface area contributed by atoms with Crippen LogP contribution in [-0.4, -0.2) is 17.8 Å². The number of halogens is 2. The number of rotatable bonds is 9. The highest BCUT2D eigenvalue weighted by Crippen LogP contribution is 2.30. The van der Waals surface area contributed by atoms with E-state index in [1.807, 2.05) is 0 Å². The summed E-state index contributed by atoms with van der Waals surface area (Å²) < 4.78 is 26.2. The molecule has 1 nitrogen and oxygen atoms in total. The number of hydrogen-bond donors (Lipinski definition) is 1. The van der Waals surface area contributed by atoms with Crippen molar-refractivity contribution in [2.45, 2.75) is 62.6 Å². The maximum atomic E-state index is 13.3. The van der Waals surface area contributed by atoms with Gasteiger partial charge in [0.15, 0.2) is 11.6 Å². The first-order valence-corrected chi connectivity index (χ1v) is 8.35. The lowest BCUT2D eigenvalue weighted by atomic mass is 10.1. The Labute approximate surface area is 125 Å². The molecule has 1 N–H and O–H groups in total. The van der Waals surface area contributed by atoms with E-state index in [9.17, 15) is 8.78 Å². The van der Waals surface area contributed by atoms with Crippen LogP contribution in [0.25, 0.3) is 0 Å². The van der Waals surface area contributed by atoms with Crippen LogP contribution in [0.1, 0.15) is 46.5 Å². The molecule has 4 heteroatoms. The van der Waals surface area contributed by atoms with Crippen LogP contribution in [0, 0.1) is 11.6 Å². The first kappa shape index (κ1) is 17.4. The average molecular weight is 301 g/mol. The fraction of sp³-hybridized carbons (Fsp3) is 0.625. The smallest absolute Gasteiger partial charge is 0.159 e. The number of hydrogen-bond acceptors (Lipinski definition) is 2. The van der Waals surface area contributed by atoms with E-state index in [4.69, 9.17) is 0 Å². The molecule has 1 aromatic carbocycles. The molecule has 2 atom stereocenters. The maximum Gasteiger partial charge on any atom is 0.159 e. The lowest BCUT2D eigenvalue weighted by Crippen LogP contribution is -2.38. The topological polar surface area (TPSA) is 12.0 Å². The number of thioether (sulfide) groups is 1. The van der Waals surface area contributed by atoms with E-state index in [2.05, 4.69) is 26.1 Å². The predicted octanol–water partition coefficient (Wildman–Crippen LogP) is 5.00. The van der Waals surface area contributed by atoms with Crippen molar-refractivity contribution < 1.29 is 8.78 Å². The summed E-state index contributed by atoms with van der Waals surface area (Å²) in [6.45, 7) is 7.47. The van der Waals surface area contributed by atoms with E-state index >= 15 is 0 Å². The number of benzene rings is 1. The van der Waals surface area contributed by atoms with E-state index in [1.54, 1.807) is 17.8 Å². The predicted molar refractivity (Wildman–Crippen MR) is 83.3 cm³/mol. The zero-order valence-electron chi connectivity index (χ0n) is 12.6. The van der Waals surface area contributed by atoms with Crippen LogP contribution in [0.4, 0.5) is 8.78 Å². The average Bonchev–Trinajstić information content (AvgIpc) is 2.45. The van der Waals surface area contributed by atoms with Gasteiger partial charge in [-0.2, -0.15) is 0 Å². The summed E-state index contributed by atoms with van der Waals surface area (Å²) in [5, 5.41) is 3.96. The molecule has 0 saturated carbocycles. The van der Waals surface area contributed by atoms with E-state index in [0.717, 1.165) is 37.1 Å². The van der Waals surface area contributed by atoms with Crippen molar-refractivity contribution in [1.82, 2.24) is 5.32 Å². The van der Waals surface area contributed by atoms with Crippen LogP contribution < -0.4 is 5.32 Å². The third-order valence-corrected chi connectivity index (χ3v) is 4.78. The van der Waals surface area contributed by atoms with Gasteiger partial charge in [-0.25, -0.2) is 8.78 Å². The third-order valence-electron chi connectivity index (χ3n) is 3.29. The molecule has 2 unspecified atom stereocenters. The zero-order chi connectivity index (χ0) is 15.0. The van der Waals surface area contributed by atoms with Gasteiger partial charge >= 0.3 is 0 Å². The second-order valence-corrected chi connectivity index (χ2v) is 6.30. The van der Waals surface area contributed by atoms with Crippen molar-refractivity contribution in [3.05, 3.63) is 29.8 Å². The zero-order valence-corrected chi connectivity index (χ0v) is 13.4. The molecule has 0 heterocycles. The quantitative estimate of drug-likeness (QED) is 0.644. The third kappa shape index (κ3) is 5.41. The van der Waals surface area contributed by atoms with Crippen LogP contribution >= 0.6 is 11.8 Å². The standard InChI is InChI=1S/C16H25F2NS/c1-4-7-15(19-10-5-2)16(6-3)20-12-8-9-13(17)14(18)11-12/h8-9,11,15-16,19H,4-7,10H2,1-3H3. The monoisotopic (exact) mass is 301 g/mol. The molecule has 0 aliphatic carbocycles. The molecule has 114 valence electrons. The molecular weight excluding hydrogens is 276 g/mol. The van der Waals surface area contributed by atoms with Crippen molar-refractivity contribution in [3.63, 3.8) is 0 Å². The molecule has 0 aliphatic rings. The summed E-state index contributed by atoms with van der Waals surface area (Å²) in [6.07, 6.45) is 4.34. The Hall–Kier alpha value is -0.610. The Morgan fingerprint density at radius 2 is 1.85 bits per heavy atom. The molecule has 0 fully saturated rings. The normalized spacial score (nSPS) is 14.2. The van der Waals surface area contributed by atoms with Gasteiger partial charge in [0.25, 0.3) is 0 Å². The van der Waals surface area contributed by atoms with Gasteiger partial charge in [-0.15, -0.1) is 11.8 Å². The molecule has 20 heavy (non-hydrogen) atoms. The van der Waals surface area contributed by atoms with Gasteiger partial charge in [-0.3, -0.25) is 0 Å². The Morgan fingerprint density at radius 1 is 1.10 bits per heavy atom. The molecule has 1 rings (SSSR count). The summed E-state index contributed by atoms with van der Waals surface area (Å²) in [5.41, 5.74) is 0. The summed E-state index contributed by atoms with van der Waals surface area (Å²) >= 11 is 1.64. The summed E-state index contributed by atoms with van der Waals surface area (Å²) in [5.74, 6) is -1.55. The lowest BCUT2D eigenvalue weighted by molar-refractivity contribution is 0.454. The molecule has 0 bridgehead atoms. The molecule has 0 aliphatic heterocycles. The Kier molecular flexibility index (Phi) is 8.15. The van der Waals surface area contributed by atoms with Gasteiger partial charge in [0.05, 0.1) is 0 Å². The number of nitrogens with one attached hydrogen (secondary N) is 1. The molecule has 0 spiro atoms. The first-order valence-electron chi connectivity index (χ1n) is 7.47. The molecule has 0 aromatic heterocycles. The van der Waals surface area contributed by atoms with Crippen LogP contribution in [0.5, 0.6) is 0 Å². The van der Waals surface area contributed by atoms with Crippen LogP contribution in [0.2, 0.25) is 0 Å². The minimum absolute atomic E-state index is 0.381. The van der Waals surface area contributed by atoms with Gasteiger partial charge in [0, 0.05) is 16.2 Å². The Bertz CT molecular complexity index is 398. The fourth-order valence-corrected chi connectivity index (χ4v) is 3.47. The molecule has 1 aromatic rings. The minimum Gasteiger partial charge on any atom is -0.313 e. The first-order chi connectivity index (χ1) is 9.62. The SMILES string of the molecule is CCCNC(CCC)C(CC)Sc1ccc(F)c(F)c1. The van der Waals surface area contributed by atoms with Crippen molar-refractivity contribution >= 4 is 11.8 Å². The minimum atomic E-state index is -0.781. The van der Waals surface area contributed by atoms with Crippen molar-refractivity contribution in [2.75, 3.05) is 6.54 Å². The van der Waals surface area contributed by atoms with Crippen LogP contribution in [0.3, 0.4) is 0 Å². The van der Waals surface area contributed by atoms with Gasteiger partial charge in [-0.1, -0.05) is 27.2 Å². The van der Waals surface area contributed by atoms with Crippen LogP contribution in [0.15, 0.2) is 23.1 Å². The van der Waals surface area contributed by atoms with Crippen molar-refractivity contribution in [2.24, 2.45) is 0 Å². The highest BCUT2D eigenvalue weighted by molar-refractivity contribution is 8.00. The Balaban J connectivity index is 2.73. The second-order valence-electron chi connectivity index (χ2n) is 4.99. The summed E-state index contributed by atoms with van der Waals surface area (Å²) in [7, 11) is 0. The molecule has 0 amide bonds. The Morgan fingerprint density at radius 3 is 2.40 bits per heavy atom.